The van der Waals surface area contributed by atoms with Gasteiger partial charge in [0.05, 0.1) is 19.6 Å². The standard InChI is InChI=1S/C34H47N7O9S/c1-21(2)14-25(32(47)38-20-31(46)50-12-13-51)41-34(49)27(15-22-6-4-3-5-7-22)40-30(45)19-36-29(44)18-37-33(48)26(39-28(43)17-35)16-23-8-10-24(42)11-9-23/h3-11,21,25-27,42,51H,12-20,35H2,1-2H3,(H,36,44)(H,37,48)(H,38,47)(H,39,43)(H,40,45)(H,41,49)/t25-,26-,27-/m0/s1. The molecule has 51 heavy (non-hydrogen) atoms. The summed E-state index contributed by atoms with van der Waals surface area (Å²) < 4.78 is 4.91. The molecule has 0 aliphatic heterocycles. The van der Waals surface area contributed by atoms with Gasteiger partial charge >= 0.3 is 5.97 Å². The normalized spacial score (nSPS) is 12.4. The van der Waals surface area contributed by atoms with Crippen molar-refractivity contribution in [3.05, 3.63) is 65.7 Å². The highest BCUT2D eigenvalue weighted by atomic mass is 32.1. The second kappa shape index (κ2) is 22.5. The minimum atomic E-state index is -1.15. The molecule has 6 amide bonds. The van der Waals surface area contributed by atoms with Crippen LogP contribution >= 0.6 is 12.6 Å². The second-order valence-corrected chi connectivity index (χ2v) is 12.3. The van der Waals surface area contributed by atoms with Gasteiger partial charge in [-0.1, -0.05) is 56.3 Å². The predicted molar refractivity (Wildman–Crippen MR) is 190 cm³/mol. The van der Waals surface area contributed by atoms with E-state index in [1.165, 1.54) is 12.1 Å². The summed E-state index contributed by atoms with van der Waals surface area (Å²) in [4.78, 5) is 88.6. The van der Waals surface area contributed by atoms with Gasteiger partial charge in [0.25, 0.3) is 0 Å². The van der Waals surface area contributed by atoms with E-state index in [9.17, 15) is 38.7 Å². The van der Waals surface area contributed by atoms with Crippen LogP contribution in [0.15, 0.2) is 54.6 Å². The molecule has 2 aromatic rings. The van der Waals surface area contributed by atoms with Gasteiger partial charge in [0, 0.05) is 18.6 Å². The van der Waals surface area contributed by atoms with Gasteiger partial charge in [0.15, 0.2) is 0 Å². The van der Waals surface area contributed by atoms with Gasteiger partial charge in [-0.05, 0) is 35.6 Å². The molecule has 0 radical (unpaired) electrons. The molecule has 2 rings (SSSR count). The summed E-state index contributed by atoms with van der Waals surface area (Å²) in [6.07, 6.45) is 0.351. The van der Waals surface area contributed by atoms with Gasteiger partial charge in [0.2, 0.25) is 35.4 Å². The van der Waals surface area contributed by atoms with Gasteiger partial charge in [-0.3, -0.25) is 33.6 Å². The molecule has 0 bridgehead atoms. The number of hydrogen-bond acceptors (Lipinski definition) is 11. The Labute approximate surface area is 301 Å². The number of phenolic OH excluding ortho intramolecular Hbond substituents is 1. The number of benzene rings is 2. The van der Waals surface area contributed by atoms with Crippen molar-refractivity contribution in [2.24, 2.45) is 11.7 Å². The van der Waals surface area contributed by atoms with Crippen LogP contribution in [0.4, 0.5) is 0 Å². The lowest BCUT2D eigenvalue weighted by Crippen LogP contribution is -2.56. The molecule has 0 unspecified atom stereocenters. The maximum atomic E-state index is 13.5. The topological polar surface area (TPSA) is 247 Å². The zero-order valence-electron chi connectivity index (χ0n) is 28.6. The van der Waals surface area contributed by atoms with Crippen LogP contribution in [0.25, 0.3) is 0 Å². The number of ether oxygens (including phenoxy) is 1. The molecular weight excluding hydrogens is 682 g/mol. The lowest BCUT2D eigenvalue weighted by molar-refractivity contribution is -0.143. The van der Waals surface area contributed by atoms with Gasteiger partial charge in [-0.15, -0.1) is 0 Å². The van der Waals surface area contributed by atoms with Crippen LogP contribution in [0.5, 0.6) is 5.75 Å². The Morgan fingerprint density at radius 1 is 0.686 bits per heavy atom. The third-order valence-electron chi connectivity index (χ3n) is 7.12. The van der Waals surface area contributed by atoms with Crippen molar-refractivity contribution in [2.75, 3.05) is 38.5 Å². The summed E-state index contributed by atoms with van der Waals surface area (Å²) in [5.74, 6) is -4.32. The van der Waals surface area contributed by atoms with Crippen LogP contribution < -0.4 is 37.6 Å². The van der Waals surface area contributed by atoms with Crippen molar-refractivity contribution in [2.45, 2.75) is 51.2 Å². The number of carbonyl (C=O) groups is 7. The highest BCUT2D eigenvalue weighted by Gasteiger charge is 2.28. The monoisotopic (exact) mass is 729 g/mol. The number of esters is 1. The predicted octanol–water partition coefficient (Wildman–Crippen LogP) is -1.54. The molecule has 3 atom stereocenters. The lowest BCUT2D eigenvalue weighted by Gasteiger charge is -2.24. The molecule has 278 valence electrons. The number of carbonyl (C=O) groups excluding carboxylic acids is 7. The molecular formula is C34H47N7O9S. The quantitative estimate of drug-likeness (QED) is 0.0529. The van der Waals surface area contributed by atoms with E-state index in [1.807, 2.05) is 13.8 Å². The van der Waals surface area contributed by atoms with Gasteiger partial charge < -0.3 is 47.5 Å². The minimum absolute atomic E-state index is 0.0185. The highest BCUT2D eigenvalue weighted by molar-refractivity contribution is 7.80. The Morgan fingerprint density at radius 2 is 1.24 bits per heavy atom. The zero-order valence-corrected chi connectivity index (χ0v) is 29.5. The Bertz CT molecular complexity index is 1480. The van der Waals surface area contributed by atoms with E-state index in [-0.39, 0.29) is 44.1 Å². The number of phenols is 1. The first-order valence-electron chi connectivity index (χ1n) is 16.3. The Kier molecular flexibility index (Phi) is 18.6. The second-order valence-electron chi connectivity index (χ2n) is 11.9. The first kappa shape index (κ1) is 42.0. The summed E-state index contributed by atoms with van der Waals surface area (Å²) >= 11 is 3.97. The van der Waals surface area contributed by atoms with Crippen LogP contribution in [0.2, 0.25) is 0 Å². The average molecular weight is 730 g/mol. The number of amides is 6. The van der Waals surface area contributed by atoms with Gasteiger partial charge in [0.1, 0.15) is 37.0 Å². The first-order valence-corrected chi connectivity index (χ1v) is 16.9. The molecule has 0 spiro atoms. The van der Waals surface area contributed by atoms with E-state index in [4.69, 9.17) is 10.5 Å². The fourth-order valence-electron chi connectivity index (χ4n) is 4.63. The van der Waals surface area contributed by atoms with E-state index < -0.39 is 79.2 Å². The van der Waals surface area contributed by atoms with E-state index >= 15 is 0 Å². The number of rotatable bonds is 21. The van der Waals surface area contributed by atoms with Crippen molar-refractivity contribution in [1.29, 1.82) is 0 Å². The molecule has 17 heteroatoms. The Morgan fingerprint density at radius 3 is 1.84 bits per heavy atom. The van der Waals surface area contributed by atoms with Crippen molar-refractivity contribution >= 4 is 54.0 Å². The van der Waals surface area contributed by atoms with Gasteiger partial charge in [-0.25, -0.2) is 0 Å². The molecule has 16 nitrogen and oxygen atoms in total. The molecule has 0 aliphatic carbocycles. The van der Waals surface area contributed by atoms with Gasteiger partial charge in [-0.2, -0.15) is 12.6 Å². The van der Waals surface area contributed by atoms with Crippen molar-refractivity contribution in [3.8, 4) is 5.75 Å². The van der Waals surface area contributed by atoms with Crippen LogP contribution in [0, 0.1) is 5.92 Å². The van der Waals surface area contributed by atoms with Crippen LogP contribution in [-0.4, -0.2) is 103 Å². The summed E-state index contributed by atoms with van der Waals surface area (Å²) in [5.41, 5.74) is 6.71. The van der Waals surface area contributed by atoms with E-state index in [2.05, 4.69) is 44.5 Å². The molecule has 0 aromatic heterocycles. The minimum Gasteiger partial charge on any atom is -0.508 e. The lowest BCUT2D eigenvalue weighted by atomic mass is 10.0. The number of aromatic hydroxyl groups is 1. The highest BCUT2D eigenvalue weighted by Crippen LogP contribution is 2.12. The average Bonchev–Trinajstić information content (AvgIpc) is 3.11. The Balaban J connectivity index is 2.02. The van der Waals surface area contributed by atoms with Crippen LogP contribution in [0.3, 0.4) is 0 Å². The summed E-state index contributed by atoms with van der Waals surface area (Å²) in [6, 6.07) is 11.6. The maximum absolute atomic E-state index is 13.5. The van der Waals surface area contributed by atoms with E-state index in [1.54, 1.807) is 42.5 Å². The number of thiol groups is 1. The fourth-order valence-corrected chi connectivity index (χ4v) is 4.73. The van der Waals surface area contributed by atoms with E-state index in [0.717, 1.165) is 0 Å². The van der Waals surface area contributed by atoms with Crippen LogP contribution in [0.1, 0.15) is 31.4 Å². The van der Waals surface area contributed by atoms with E-state index in [0.29, 0.717) is 16.9 Å². The first-order chi connectivity index (χ1) is 24.3. The summed E-state index contributed by atoms with van der Waals surface area (Å²) in [7, 11) is 0. The number of nitrogens with two attached hydrogens (primary N) is 1. The third-order valence-corrected chi connectivity index (χ3v) is 7.30. The van der Waals surface area contributed by atoms with Crippen LogP contribution in [-0.2, 0) is 51.1 Å². The molecule has 0 fully saturated rings. The molecule has 9 N–H and O–H groups in total. The molecule has 0 saturated carbocycles. The molecule has 0 aliphatic rings. The Hall–Kier alpha value is -5.16. The summed E-state index contributed by atoms with van der Waals surface area (Å²) in [5, 5.41) is 24.5. The zero-order chi connectivity index (χ0) is 37.8. The number of nitrogens with one attached hydrogen (secondary N) is 6. The van der Waals surface area contributed by atoms with Crippen molar-refractivity contribution in [3.63, 3.8) is 0 Å². The number of hydrogen-bond donors (Lipinski definition) is 9. The largest absolute Gasteiger partial charge is 0.508 e. The van der Waals surface area contributed by atoms with Crippen molar-refractivity contribution < 1.29 is 43.4 Å². The maximum Gasteiger partial charge on any atom is 0.325 e. The molecule has 2 aromatic carbocycles. The summed E-state index contributed by atoms with van der Waals surface area (Å²) in [6.45, 7) is 1.95. The molecule has 0 heterocycles. The molecule has 0 saturated heterocycles. The third kappa shape index (κ3) is 16.9. The SMILES string of the molecule is CC(C)C[C@H](NC(=O)[C@H](Cc1ccccc1)NC(=O)CNC(=O)CNC(=O)[C@H](Cc1ccc(O)cc1)NC(=O)CN)C(=O)NCC(=O)OCCS. The van der Waals surface area contributed by atoms with Crippen molar-refractivity contribution in [1.82, 2.24) is 31.9 Å². The fraction of sp³-hybridized carbons (Fsp3) is 0.441. The smallest absolute Gasteiger partial charge is 0.325 e.